The predicted molar refractivity (Wildman–Crippen MR) is 387 cm³/mol. The molecule has 2 aromatic rings. The number of nitrogens with one attached hydrogen (secondary N) is 14. The molecule has 1 heterocycles. The maximum Gasteiger partial charge on any atom is 0.325 e. The van der Waals surface area contributed by atoms with Crippen LogP contribution in [0.25, 0.3) is 0 Å². The van der Waals surface area contributed by atoms with E-state index >= 15 is 0 Å². The van der Waals surface area contributed by atoms with Gasteiger partial charge < -0.3 is 102 Å². The molecule has 35 nitrogen and oxygen atoms in total. The van der Waals surface area contributed by atoms with Gasteiger partial charge in [-0.15, -0.1) is 0 Å². The molecule has 0 radical (unpaired) electrons. The van der Waals surface area contributed by atoms with Crippen LogP contribution in [0.4, 0.5) is 0 Å². The molecule has 0 aliphatic heterocycles. The number of carbonyl (C=O) groups is 15. The Kier molecular flexibility index (Phi) is 41.5. The SMILES string of the molecule is CC[C@H](C)[C@H](NC(=O)[C@H](Cc1cnc[nH]1)NC(=O)CNC(=O)[C@H](C)NC(=O)[C@@H](NC(=O)[C@H](CCCCN)NC(=O)[C@H](CCCCN)NC(=O)[C@@H](NC(=O)[C@@H](NC(=O)[C@H](CC(=O)O)NC(=O)[C@H](Cc1ccccc1)NC(=O)[C@H](CC(C)C)NC(=O)CN)[C@@H](C)CC)C(C)C)[C@@H](C)CC)C(=O)N[C@@H](C)C(=O)O. The summed E-state index contributed by atoms with van der Waals surface area (Å²) in [6.07, 6.45) is 4.08. The highest BCUT2D eigenvalue weighted by atomic mass is 16.4. The number of hydrogen-bond acceptors (Lipinski definition) is 19. The number of amides is 13. The number of carboxylic acids is 2. The second-order valence-electron chi connectivity index (χ2n) is 27.3. The Morgan fingerprint density at radius 1 is 0.438 bits per heavy atom. The molecule has 0 spiro atoms. The topological polar surface area (TPSA) is 560 Å². The van der Waals surface area contributed by atoms with E-state index in [2.05, 4.69) is 79.1 Å². The van der Waals surface area contributed by atoms with Crippen molar-refractivity contribution in [2.75, 3.05) is 26.2 Å². The Hall–Kier alpha value is -9.64. The highest BCUT2D eigenvalue weighted by Gasteiger charge is 2.39. The van der Waals surface area contributed by atoms with Crippen molar-refractivity contribution in [2.45, 2.75) is 239 Å². The summed E-state index contributed by atoms with van der Waals surface area (Å²) in [5, 5.41) is 53.0. The molecule has 13 amide bonds. The Morgan fingerprint density at radius 3 is 1.30 bits per heavy atom. The number of nitrogens with two attached hydrogens (primary N) is 3. The van der Waals surface area contributed by atoms with E-state index in [1.807, 2.05) is 13.8 Å². The number of imidazole rings is 1. The summed E-state index contributed by atoms with van der Waals surface area (Å²) in [6, 6.07) is -7.87. The van der Waals surface area contributed by atoms with Crippen molar-refractivity contribution >= 4 is 88.7 Å². The van der Waals surface area contributed by atoms with E-state index in [1.165, 1.54) is 26.4 Å². The first-order chi connectivity index (χ1) is 49.6. The van der Waals surface area contributed by atoms with Crippen LogP contribution < -0.4 is 86.3 Å². The second-order valence-corrected chi connectivity index (χ2v) is 27.3. The predicted octanol–water partition coefficient (Wildman–Crippen LogP) is -2.22. The maximum absolute atomic E-state index is 14.6. The average Bonchev–Trinajstić information content (AvgIpc) is 1.67. The van der Waals surface area contributed by atoms with Gasteiger partial charge in [0.05, 0.1) is 25.8 Å². The molecule has 1 aromatic heterocycles. The number of aromatic nitrogens is 2. The van der Waals surface area contributed by atoms with Gasteiger partial charge in [0.25, 0.3) is 0 Å². The number of nitrogens with zero attached hydrogens (tertiary/aromatic N) is 1. The molecule has 0 unspecified atom stereocenters. The number of H-pyrrole nitrogens is 1. The van der Waals surface area contributed by atoms with Crippen molar-refractivity contribution in [3.05, 3.63) is 54.1 Å². The Bertz CT molecular complexity index is 3180. The second kappa shape index (κ2) is 47.7. The normalized spacial score (nSPS) is 15.5. The molecular weight excluding hydrogens is 1360 g/mol. The third kappa shape index (κ3) is 32.9. The molecular formula is C70H116N18O17. The number of carbonyl (C=O) groups excluding carboxylic acids is 13. The molecule has 2 rings (SSSR count). The number of carboxylic acid groups (broad SMARTS) is 2. The number of aromatic amines is 1. The molecule has 588 valence electrons. The zero-order valence-corrected chi connectivity index (χ0v) is 62.6. The molecule has 105 heavy (non-hydrogen) atoms. The van der Waals surface area contributed by atoms with Gasteiger partial charge in [0, 0.05) is 24.7 Å². The van der Waals surface area contributed by atoms with E-state index in [-0.39, 0.29) is 57.5 Å². The van der Waals surface area contributed by atoms with Crippen LogP contribution in [0.3, 0.4) is 0 Å². The largest absolute Gasteiger partial charge is 0.481 e. The minimum Gasteiger partial charge on any atom is -0.481 e. The van der Waals surface area contributed by atoms with Gasteiger partial charge in [-0.3, -0.25) is 71.9 Å². The highest BCUT2D eigenvalue weighted by Crippen LogP contribution is 2.17. The summed E-state index contributed by atoms with van der Waals surface area (Å²) in [5.74, 6) is -16.2. The van der Waals surface area contributed by atoms with Crippen molar-refractivity contribution in [1.82, 2.24) is 79.1 Å². The Morgan fingerprint density at radius 2 is 0.848 bits per heavy atom. The third-order valence-corrected chi connectivity index (χ3v) is 17.8. The molecule has 15 atom stereocenters. The zero-order valence-electron chi connectivity index (χ0n) is 62.6. The molecule has 0 saturated heterocycles. The van der Waals surface area contributed by atoms with Gasteiger partial charge in [0.2, 0.25) is 76.8 Å². The molecule has 22 N–H and O–H groups in total. The number of unbranched alkanes of at least 4 members (excludes halogenated alkanes) is 2. The fourth-order valence-corrected chi connectivity index (χ4v) is 10.8. The fraction of sp³-hybridized carbons (Fsp3) is 0.657. The van der Waals surface area contributed by atoms with E-state index in [4.69, 9.17) is 17.2 Å². The van der Waals surface area contributed by atoms with Gasteiger partial charge in [0.15, 0.2) is 0 Å². The van der Waals surface area contributed by atoms with Crippen molar-refractivity contribution in [1.29, 1.82) is 0 Å². The maximum atomic E-state index is 14.6. The number of benzene rings is 1. The van der Waals surface area contributed by atoms with Crippen molar-refractivity contribution < 1.29 is 82.1 Å². The van der Waals surface area contributed by atoms with Gasteiger partial charge >= 0.3 is 11.9 Å². The first-order valence-electron chi connectivity index (χ1n) is 36.0. The van der Waals surface area contributed by atoms with E-state index < -0.39 is 204 Å². The number of hydrogen-bond donors (Lipinski definition) is 19. The molecule has 0 fully saturated rings. The van der Waals surface area contributed by atoms with E-state index in [9.17, 15) is 82.1 Å². The lowest BCUT2D eigenvalue weighted by Gasteiger charge is -2.31. The fourth-order valence-electron chi connectivity index (χ4n) is 10.8. The van der Waals surface area contributed by atoms with Gasteiger partial charge in [0.1, 0.15) is 72.5 Å². The minimum absolute atomic E-state index is 0.00279. The van der Waals surface area contributed by atoms with E-state index in [0.29, 0.717) is 49.8 Å². The Balaban J connectivity index is 2.39. The van der Waals surface area contributed by atoms with Crippen LogP contribution in [0.2, 0.25) is 0 Å². The first-order valence-corrected chi connectivity index (χ1v) is 36.0. The quantitative estimate of drug-likeness (QED) is 0.0312. The van der Waals surface area contributed by atoms with E-state index in [0.717, 1.165) is 0 Å². The number of rotatable bonds is 50. The van der Waals surface area contributed by atoms with Gasteiger partial charge in [-0.25, -0.2) is 4.98 Å². The van der Waals surface area contributed by atoms with Crippen molar-refractivity contribution in [2.24, 2.45) is 46.8 Å². The smallest absolute Gasteiger partial charge is 0.325 e. The lowest BCUT2D eigenvalue weighted by Crippen LogP contribution is -2.62. The van der Waals surface area contributed by atoms with Gasteiger partial charge in [-0.2, -0.15) is 0 Å². The summed E-state index contributed by atoms with van der Waals surface area (Å²) in [5.41, 5.74) is 18.2. The van der Waals surface area contributed by atoms with Crippen LogP contribution in [0, 0.1) is 29.6 Å². The standard InChI is InChI=1S/C70H116N18O17/c1-13-39(8)56(67(101)77-42(11)59(93)75-35-53(90)80-50(31-45-34-74-36-76-45)64(98)87-57(40(9)14-2)68(102)78-43(12)70(104)105)86-61(95)47(26-20-22-28-72)81-60(94)46(25-19-21-27-71)82-66(100)55(38(6)7)85-69(103)58(41(10)15-3)88-65(99)51(32-54(91)92)84-63(97)49(30-44-23-17-16-18-24-44)83-62(96)48(29-37(4)5)79-52(89)33-73/h16-18,23-24,34,36-43,46-51,55-58H,13-15,19-22,25-33,35,71-73H2,1-12H3,(H,74,76)(H,75,93)(H,77,101)(H,78,102)(H,79,89)(H,80,90)(H,81,94)(H,82,100)(H,83,96)(H,84,97)(H,85,103)(H,86,95)(H,87,98)(H,88,99)(H,91,92)(H,104,105)/t39-,40-,41-,42-,43-,46-,47-,48-,49-,50-,51-,55-,56-,57-,58-/m0/s1. The third-order valence-electron chi connectivity index (χ3n) is 17.8. The van der Waals surface area contributed by atoms with Crippen LogP contribution in [0.1, 0.15) is 165 Å². The van der Waals surface area contributed by atoms with Crippen LogP contribution in [-0.4, -0.2) is 208 Å². The average molecular weight is 1480 g/mol. The molecule has 0 aliphatic rings. The molecule has 1 aromatic carbocycles. The van der Waals surface area contributed by atoms with Crippen LogP contribution in [-0.2, 0) is 84.8 Å². The molecule has 0 bridgehead atoms. The van der Waals surface area contributed by atoms with Crippen molar-refractivity contribution in [3.63, 3.8) is 0 Å². The van der Waals surface area contributed by atoms with Crippen LogP contribution >= 0.6 is 0 Å². The van der Waals surface area contributed by atoms with Gasteiger partial charge in [-0.1, -0.05) is 119 Å². The summed E-state index contributed by atoms with van der Waals surface area (Å²) < 4.78 is 0. The lowest BCUT2D eigenvalue weighted by molar-refractivity contribution is -0.142. The zero-order chi connectivity index (χ0) is 79.2. The summed E-state index contributed by atoms with van der Waals surface area (Å²) >= 11 is 0. The first kappa shape index (κ1) is 91.4. The Labute approximate surface area is 613 Å². The molecule has 0 aliphatic carbocycles. The van der Waals surface area contributed by atoms with Crippen molar-refractivity contribution in [3.8, 4) is 0 Å². The van der Waals surface area contributed by atoms with Crippen LogP contribution in [0.5, 0.6) is 0 Å². The lowest BCUT2D eigenvalue weighted by atomic mass is 9.95. The molecule has 35 heteroatoms. The summed E-state index contributed by atoms with van der Waals surface area (Å²) in [4.78, 5) is 211. The van der Waals surface area contributed by atoms with Crippen LogP contribution in [0.15, 0.2) is 42.9 Å². The highest BCUT2D eigenvalue weighted by molar-refractivity contribution is 6.00. The summed E-state index contributed by atoms with van der Waals surface area (Å²) in [7, 11) is 0. The summed E-state index contributed by atoms with van der Waals surface area (Å²) in [6.45, 7) is 18.9. The monoisotopic (exact) mass is 1480 g/mol. The number of aliphatic carboxylic acids is 2. The molecule has 0 saturated carbocycles. The minimum atomic E-state index is -1.83. The van der Waals surface area contributed by atoms with Gasteiger partial charge in [-0.05, 0) is 107 Å². The van der Waals surface area contributed by atoms with E-state index in [1.54, 1.807) is 85.7 Å².